The van der Waals surface area contributed by atoms with Gasteiger partial charge < -0.3 is 10.1 Å². The smallest absolute Gasteiger partial charge is 0.219 e. The van der Waals surface area contributed by atoms with Gasteiger partial charge in [0.2, 0.25) is 5.91 Å². The maximum atomic E-state index is 10.8. The summed E-state index contributed by atoms with van der Waals surface area (Å²) in [6.07, 6.45) is 3.05. The van der Waals surface area contributed by atoms with Gasteiger partial charge in [-0.25, -0.2) is 0 Å². The normalized spacial score (nSPS) is 20.4. The zero-order chi connectivity index (χ0) is 10.1. The van der Waals surface area contributed by atoms with Crippen LogP contribution < -0.4 is 5.32 Å². The minimum atomic E-state index is 0. The van der Waals surface area contributed by atoms with Gasteiger partial charge in [0.1, 0.15) is 0 Å². The van der Waals surface area contributed by atoms with Crippen molar-refractivity contribution in [1.29, 1.82) is 0 Å². The van der Waals surface area contributed by atoms with Crippen LogP contribution in [0.3, 0.4) is 0 Å². The summed E-state index contributed by atoms with van der Waals surface area (Å²) in [7, 11) is 0. The third-order valence-corrected chi connectivity index (χ3v) is 1.87. The van der Waals surface area contributed by atoms with Crippen LogP contribution in [0.15, 0.2) is 0 Å². The Morgan fingerprint density at radius 1 is 1.62 bits per heavy atom. The standard InChI is InChI=1S/C8H15NO2.C2H6.H2/c1-2-8(10)9-6-7-4-3-5-11-7;1-2;/h7H,2-6H2,1H3,(H,9,10);1-2H3;1H/t7-;;/m1../s1. The van der Waals surface area contributed by atoms with Crippen LogP contribution in [0, 0.1) is 0 Å². The molecule has 1 aliphatic heterocycles. The number of carbonyl (C=O) groups is 1. The number of amides is 1. The van der Waals surface area contributed by atoms with Crippen molar-refractivity contribution in [3.05, 3.63) is 0 Å². The van der Waals surface area contributed by atoms with Gasteiger partial charge in [-0.3, -0.25) is 4.79 Å². The van der Waals surface area contributed by atoms with E-state index in [4.69, 9.17) is 4.74 Å². The van der Waals surface area contributed by atoms with Crippen molar-refractivity contribution in [1.82, 2.24) is 5.32 Å². The van der Waals surface area contributed by atoms with Crippen LogP contribution in [0.5, 0.6) is 0 Å². The third kappa shape index (κ3) is 5.64. The minimum absolute atomic E-state index is 0. The molecule has 0 spiro atoms. The Bertz CT molecular complexity index is 136. The van der Waals surface area contributed by atoms with Gasteiger partial charge in [0.05, 0.1) is 6.10 Å². The fourth-order valence-electron chi connectivity index (χ4n) is 1.16. The highest BCUT2D eigenvalue weighted by Crippen LogP contribution is 2.10. The molecule has 1 fully saturated rings. The third-order valence-electron chi connectivity index (χ3n) is 1.87. The Balaban J connectivity index is 0. The average Bonchev–Trinajstić information content (AvgIpc) is 2.70. The second-order valence-electron chi connectivity index (χ2n) is 2.79. The Kier molecular flexibility index (Phi) is 7.69. The van der Waals surface area contributed by atoms with E-state index in [-0.39, 0.29) is 13.4 Å². The van der Waals surface area contributed by atoms with E-state index in [2.05, 4.69) is 5.32 Å². The van der Waals surface area contributed by atoms with Crippen molar-refractivity contribution >= 4 is 5.91 Å². The van der Waals surface area contributed by atoms with Crippen molar-refractivity contribution in [2.24, 2.45) is 0 Å². The molecule has 80 valence electrons. The molecule has 0 aromatic heterocycles. The Morgan fingerprint density at radius 3 is 2.77 bits per heavy atom. The van der Waals surface area contributed by atoms with E-state index in [9.17, 15) is 4.79 Å². The highest BCUT2D eigenvalue weighted by atomic mass is 16.5. The van der Waals surface area contributed by atoms with Crippen LogP contribution in [-0.2, 0) is 9.53 Å². The summed E-state index contributed by atoms with van der Waals surface area (Å²) in [5.74, 6) is 0.112. The van der Waals surface area contributed by atoms with E-state index in [0.29, 0.717) is 13.0 Å². The SMILES string of the molecule is CC.CCC(=O)NC[C@H]1CCCO1.[HH]. The highest BCUT2D eigenvalue weighted by molar-refractivity contribution is 5.75. The van der Waals surface area contributed by atoms with Crippen molar-refractivity contribution < 1.29 is 11.0 Å². The zero-order valence-electron chi connectivity index (χ0n) is 8.93. The molecule has 0 bridgehead atoms. The molecule has 0 aliphatic carbocycles. The maximum Gasteiger partial charge on any atom is 0.219 e. The number of hydrogen-bond acceptors (Lipinski definition) is 2. The van der Waals surface area contributed by atoms with E-state index < -0.39 is 0 Å². The molecule has 0 saturated carbocycles. The van der Waals surface area contributed by atoms with Crippen molar-refractivity contribution in [2.45, 2.75) is 46.1 Å². The van der Waals surface area contributed by atoms with Gasteiger partial charge in [0, 0.05) is 21.0 Å². The van der Waals surface area contributed by atoms with E-state index >= 15 is 0 Å². The fourth-order valence-corrected chi connectivity index (χ4v) is 1.16. The summed E-state index contributed by atoms with van der Waals surface area (Å²) in [6, 6.07) is 0. The minimum Gasteiger partial charge on any atom is -0.376 e. The first kappa shape index (κ1) is 12.4. The molecule has 3 nitrogen and oxygen atoms in total. The monoisotopic (exact) mass is 189 g/mol. The number of hydrogen-bond donors (Lipinski definition) is 1. The second-order valence-corrected chi connectivity index (χ2v) is 2.79. The Morgan fingerprint density at radius 2 is 2.31 bits per heavy atom. The quantitative estimate of drug-likeness (QED) is 0.737. The molecular formula is C10H23NO2. The lowest BCUT2D eigenvalue weighted by atomic mass is 10.2. The van der Waals surface area contributed by atoms with Gasteiger partial charge in [-0.1, -0.05) is 20.8 Å². The second kappa shape index (κ2) is 8.05. The molecule has 1 N–H and O–H groups in total. The molecule has 0 unspecified atom stereocenters. The van der Waals surface area contributed by atoms with Crippen LogP contribution in [-0.4, -0.2) is 25.2 Å². The first-order chi connectivity index (χ1) is 6.33. The van der Waals surface area contributed by atoms with Crippen LogP contribution in [0.2, 0.25) is 0 Å². The van der Waals surface area contributed by atoms with Gasteiger partial charge in [0.25, 0.3) is 0 Å². The largest absolute Gasteiger partial charge is 0.376 e. The summed E-state index contributed by atoms with van der Waals surface area (Å²) in [5.41, 5.74) is 0. The van der Waals surface area contributed by atoms with Crippen molar-refractivity contribution in [2.75, 3.05) is 13.2 Å². The molecule has 13 heavy (non-hydrogen) atoms. The predicted octanol–water partition coefficient (Wildman–Crippen LogP) is 1.96. The predicted molar refractivity (Wildman–Crippen MR) is 55.7 cm³/mol. The van der Waals surface area contributed by atoms with Gasteiger partial charge >= 0.3 is 0 Å². The van der Waals surface area contributed by atoms with Crippen LogP contribution in [0.1, 0.15) is 41.5 Å². The molecule has 1 saturated heterocycles. The van der Waals surface area contributed by atoms with Crippen LogP contribution in [0.25, 0.3) is 0 Å². The van der Waals surface area contributed by atoms with E-state index in [0.717, 1.165) is 19.4 Å². The van der Waals surface area contributed by atoms with E-state index in [1.54, 1.807) is 0 Å². The van der Waals surface area contributed by atoms with Gasteiger partial charge in [-0.05, 0) is 12.8 Å². The van der Waals surface area contributed by atoms with Crippen molar-refractivity contribution in [3.8, 4) is 0 Å². The van der Waals surface area contributed by atoms with Gasteiger partial charge in [-0.2, -0.15) is 0 Å². The first-order valence-corrected chi connectivity index (χ1v) is 5.21. The summed E-state index contributed by atoms with van der Waals surface area (Å²) in [6.45, 7) is 7.39. The number of rotatable bonds is 3. The molecule has 1 aliphatic rings. The van der Waals surface area contributed by atoms with E-state index in [1.807, 2.05) is 20.8 Å². The van der Waals surface area contributed by atoms with E-state index in [1.165, 1.54) is 0 Å². The Hall–Kier alpha value is -0.570. The molecule has 0 aromatic carbocycles. The fraction of sp³-hybridized carbons (Fsp3) is 0.900. The van der Waals surface area contributed by atoms with Crippen LogP contribution >= 0.6 is 0 Å². The lowest BCUT2D eigenvalue weighted by Gasteiger charge is -2.09. The van der Waals surface area contributed by atoms with Crippen molar-refractivity contribution in [3.63, 3.8) is 0 Å². The summed E-state index contributed by atoms with van der Waals surface area (Å²) in [4.78, 5) is 10.8. The lowest BCUT2D eigenvalue weighted by Crippen LogP contribution is -2.31. The molecule has 1 atom stereocenters. The highest BCUT2D eigenvalue weighted by Gasteiger charge is 2.15. The number of nitrogens with one attached hydrogen (secondary N) is 1. The summed E-state index contributed by atoms with van der Waals surface area (Å²) in [5, 5.41) is 2.81. The summed E-state index contributed by atoms with van der Waals surface area (Å²) < 4.78 is 5.33. The molecule has 3 heteroatoms. The van der Waals surface area contributed by atoms with Gasteiger partial charge in [-0.15, -0.1) is 0 Å². The van der Waals surface area contributed by atoms with Crippen LogP contribution in [0.4, 0.5) is 0 Å². The number of ether oxygens (including phenoxy) is 1. The Labute approximate surface area is 82.3 Å². The number of carbonyl (C=O) groups excluding carboxylic acids is 1. The average molecular weight is 189 g/mol. The topological polar surface area (TPSA) is 38.3 Å². The zero-order valence-corrected chi connectivity index (χ0v) is 8.93. The summed E-state index contributed by atoms with van der Waals surface area (Å²) >= 11 is 0. The maximum absolute atomic E-state index is 10.8. The van der Waals surface area contributed by atoms with Gasteiger partial charge in [0.15, 0.2) is 0 Å². The molecular weight excluding hydrogens is 166 g/mol. The molecule has 0 radical (unpaired) electrons. The lowest BCUT2D eigenvalue weighted by molar-refractivity contribution is -0.121. The molecule has 1 rings (SSSR count). The first-order valence-electron chi connectivity index (χ1n) is 5.21. The molecule has 1 amide bonds. The molecule has 1 heterocycles. The molecule has 0 aromatic rings.